The summed E-state index contributed by atoms with van der Waals surface area (Å²) in [6, 6.07) is 7.86. The van der Waals surface area contributed by atoms with Crippen LogP contribution in [0.2, 0.25) is 0 Å². The molecule has 1 amide bonds. The van der Waals surface area contributed by atoms with Gasteiger partial charge in [-0.05, 0) is 32.6 Å². The summed E-state index contributed by atoms with van der Waals surface area (Å²) in [5.74, 6) is -1.15. The molecule has 0 saturated carbocycles. The number of aldehydes is 1. The highest BCUT2D eigenvalue weighted by Crippen LogP contribution is 2.33. The van der Waals surface area contributed by atoms with Crippen molar-refractivity contribution in [2.24, 2.45) is 0 Å². The van der Waals surface area contributed by atoms with Crippen LogP contribution in [-0.2, 0) is 9.59 Å². The van der Waals surface area contributed by atoms with E-state index < -0.39 is 5.97 Å². The number of unbranched alkanes of at least 4 members (excludes halogenated alkanes) is 1. The van der Waals surface area contributed by atoms with E-state index in [9.17, 15) is 14.4 Å². The summed E-state index contributed by atoms with van der Waals surface area (Å²) < 4.78 is 0. The SMILES string of the molecule is CCC.CCCCN(CC(=O)O)C(=O)CN(C)CC1CN(CC)C(c2ccccc2C=O)N1C. The molecule has 1 heterocycles. The molecule has 0 radical (unpaired) electrons. The molecular weight excluding hydrogens is 432 g/mol. The van der Waals surface area contributed by atoms with Gasteiger partial charge in [0.05, 0.1) is 12.7 Å². The summed E-state index contributed by atoms with van der Waals surface area (Å²) in [6.07, 6.45) is 3.86. The number of likely N-dealkylation sites (N-methyl/N-ethyl adjacent to an activating group) is 3. The van der Waals surface area contributed by atoms with Gasteiger partial charge in [0, 0.05) is 31.2 Å². The second-order valence-corrected chi connectivity index (χ2v) is 8.99. The number of nitrogens with zero attached hydrogens (tertiary/aromatic N) is 4. The smallest absolute Gasteiger partial charge is 0.323 e. The highest BCUT2D eigenvalue weighted by Gasteiger charge is 2.38. The zero-order valence-electron chi connectivity index (χ0n) is 21.9. The number of amides is 1. The number of hydrogen-bond acceptors (Lipinski definition) is 6. The third-order valence-corrected chi connectivity index (χ3v) is 5.95. The fraction of sp³-hybridized carbons (Fsp3) is 0.654. The maximum atomic E-state index is 12.7. The highest BCUT2D eigenvalue weighted by atomic mass is 16.4. The van der Waals surface area contributed by atoms with Crippen LogP contribution in [0.5, 0.6) is 0 Å². The molecule has 0 bridgehead atoms. The third kappa shape index (κ3) is 8.81. The van der Waals surface area contributed by atoms with Gasteiger partial charge in [-0.2, -0.15) is 0 Å². The summed E-state index contributed by atoms with van der Waals surface area (Å²) in [5, 5.41) is 9.12. The van der Waals surface area contributed by atoms with Gasteiger partial charge in [0.25, 0.3) is 0 Å². The topological polar surface area (TPSA) is 84.4 Å². The number of benzene rings is 1. The van der Waals surface area contributed by atoms with E-state index in [2.05, 4.69) is 37.6 Å². The molecular formula is C26H44N4O4. The Bertz CT molecular complexity index is 773. The molecule has 1 aliphatic rings. The molecule has 1 aliphatic heterocycles. The van der Waals surface area contributed by atoms with Gasteiger partial charge in [0.2, 0.25) is 5.91 Å². The fourth-order valence-corrected chi connectivity index (χ4v) is 4.27. The van der Waals surface area contributed by atoms with Crippen molar-refractivity contribution in [3.63, 3.8) is 0 Å². The van der Waals surface area contributed by atoms with E-state index in [4.69, 9.17) is 5.11 Å². The summed E-state index contributed by atoms with van der Waals surface area (Å²) in [6.45, 7) is 11.1. The Labute approximate surface area is 205 Å². The average Bonchev–Trinajstić information content (AvgIpc) is 3.11. The maximum absolute atomic E-state index is 12.7. The third-order valence-electron chi connectivity index (χ3n) is 5.95. The molecule has 1 N–H and O–H groups in total. The minimum atomic E-state index is -0.988. The molecule has 0 aromatic heterocycles. The lowest BCUT2D eigenvalue weighted by Crippen LogP contribution is -2.45. The van der Waals surface area contributed by atoms with Gasteiger partial charge in [-0.15, -0.1) is 0 Å². The lowest BCUT2D eigenvalue weighted by atomic mass is 10.0. The Morgan fingerprint density at radius 1 is 1.15 bits per heavy atom. The van der Waals surface area contributed by atoms with Crippen molar-refractivity contribution in [3.8, 4) is 0 Å². The molecule has 8 nitrogen and oxygen atoms in total. The Hall–Kier alpha value is -2.29. The van der Waals surface area contributed by atoms with Gasteiger partial charge in [0.1, 0.15) is 12.8 Å². The first-order chi connectivity index (χ1) is 16.2. The molecule has 1 saturated heterocycles. The maximum Gasteiger partial charge on any atom is 0.323 e. The molecule has 2 rings (SSSR count). The molecule has 34 heavy (non-hydrogen) atoms. The lowest BCUT2D eigenvalue weighted by molar-refractivity contribution is -0.144. The standard InChI is InChI=1S/C23H36N4O4.C3H8/c1-5-7-12-27(16-22(30)31)21(29)15-24(3)13-19-14-26(6-2)23(25(19)4)20-11-9-8-10-18(20)17-28;1-3-2/h8-11,17,19,23H,5-7,12-16H2,1-4H3,(H,30,31);3H2,1-2H3. The Balaban J connectivity index is 0.00000182. The first-order valence-electron chi connectivity index (χ1n) is 12.4. The van der Waals surface area contributed by atoms with Gasteiger partial charge in [-0.1, -0.05) is 64.8 Å². The molecule has 0 aliphatic carbocycles. The van der Waals surface area contributed by atoms with Crippen LogP contribution in [0.4, 0.5) is 0 Å². The summed E-state index contributed by atoms with van der Waals surface area (Å²) in [7, 11) is 3.95. The minimum absolute atomic E-state index is 0.00793. The van der Waals surface area contributed by atoms with Gasteiger partial charge in [0.15, 0.2) is 0 Å². The largest absolute Gasteiger partial charge is 0.480 e. The van der Waals surface area contributed by atoms with Crippen molar-refractivity contribution >= 4 is 18.2 Å². The predicted octanol–water partition coefficient (Wildman–Crippen LogP) is 3.20. The number of hydrogen-bond donors (Lipinski definition) is 1. The van der Waals surface area contributed by atoms with Crippen molar-refractivity contribution in [2.75, 3.05) is 53.4 Å². The van der Waals surface area contributed by atoms with E-state index in [0.717, 1.165) is 37.8 Å². The monoisotopic (exact) mass is 476 g/mol. The van der Waals surface area contributed by atoms with Gasteiger partial charge in [-0.25, -0.2) is 0 Å². The van der Waals surface area contributed by atoms with E-state index in [1.165, 1.54) is 11.3 Å². The molecule has 1 aromatic carbocycles. The van der Waals surface area contributed by atoms with Crippen LogP contribution in [0.25, 0.3) is 0 Å². The number of carboxylic acids is 1. The Morgan fingerprint density at radius 3 is 2.35 bits per heavy atom. The second-order valence-electron chi connectivity index (χ2n) is 8.99. The summed E-state index contributed by atoms with van der Waals surface area (Å²) in [5.41, 5.74) is 1.69. The van der Waals surface area contributed by atoms with Gasteiger partial charge < -0.3 is 10.0 Å². The molecule has 2 atom stereocenters. The van der Waals surface area contributed by atoms with Crippen LogP contribution in [0.3, 0.4) is 0 Å². The minimum Gasteiger partial charge on any atom is -0.480 e. The molecule has 2 unspecified atom stereocenters. The number of carbonyl (C=O) groups excluding carboxylic acids is 2. The van der Waals surface area contributed by atoms with Crippen LogP contribution in [0.15, 0.2) is 24.3 Å². The zero-order valence-corrected chi connectivity index (χ0v) is 21.9. The number of rotatable bonds is 12. The molecule has 192 valence electrons. The normalized spacial score (nSPS) is 18.4. The van der Waals surface area contributed by atoms with Crippen molar-refractivity contribution in [3.05, 3.63) is 35.4 Å². The van der Waals surface area contributed by atoms with Gasteiger partial charge >= 0.3 is 5.97 Å². The quantitative estimate of drug-likeness (QED) is 0.464. The van der Waals surface area contributed by atoms with E-state index in [0.29, 0.717) is 18.7 Å². The molecule has 0 spiro atoms. The van der Waals surface area contributed by atoms with E-state index in [1.807, 2.05) is 43.1 Å². The molecule has 1 fully saturated rings. The van der Waals surface area contributed by atoms with Crippen LogP contribution < -0.4 is 0 Å². The molecule has 8 heteroatoms. The van der Waals surface area contributed by atoms with Crippen LogP contribution in [0.1, 0.15) is 69.0 Å². The van der Waals surface area contributed by atoms with Crippen molar-refractivity contribution in [1.82, 2.24) is 19.6 Å². The first-order valence-corrected chi connectivity index (χ1v) is 12.4. The van der Waals surface area contributed by atoms with Crippen molar-refractivity contribution < 1.29 is 19.5 Å². The summed E-state index contributed by atoms with van der Waals surface area (Å²) in [4.78, 5) is 43.4. The summed E-state index contributed by atoms with van der Waals surface area (Å²) >= 11 is 0. The van der Waals surface area contributed by atoms with Crippen LogP contribution in [0, 0.1) is 0 Å². The van der Waals surface area contributed by atoms with Crippen molar-refractivity contribution in [1.29, 1.82) is 0 Å². The van der Waals surface area contributed by atoms with E-state index >= 15 is 0 Å². The molecule has 1 aromatic rings. The van der Waals surface area contributed by atoms with Crippen LogP contribution >= 0.6 is 0 Å². The zero-order chi connectivity index (χ0) is 25.7. The lowest BCUT2D eigenvalue weighted by Gasteiger charge is -2.31. The highest BCUT2D eigenvalue weighted by molar-refractivity contribution is 5.82. The fourth-order valence-electron chi connectivity index (χ4n) is 4.27. The van der Waals surface area contributed by atoms with E-state index in [1.54, 1.807) is 0 Å². The number of carbonyl (C=O) groups is 3. The first kappa shape index (κ1) is 29.7. The number of aliphatic carboxylic acids is 1. The number of carboxylic acid groups (broad SMARTS) is 1. The Morgan fingerprint density at radius 2 is 1.79 bits per heavy atom. The average molecular weight is 477 g/mol. The van der Waals surface area contributed by atoms with E-state index in [-0.39, 0.29) is 31.2 Å². The van der Waals surface area contributed by atoms with Crippen LogP contribution in [-0.4, -0.2) is 102 Å². The Kier molecular flexibility index (Phi) is 13.6. The predicted molar refractivity (Wildman–Crippen MR) is 136 cm³/mol. The second kappa shape index (κ2) is 15.6. The van der Waals surface area contributed by atoms with Crippen molar-refractivity contribution in [2.45, 2.75) is 59.2 Å². The van der Waals surface area contributed by atoms with Gasteiger partial charge in [-0.3, -0.25) is 29.1 Å².